The molecule has 30 heavy (non-hydrogen) atoms. The molecule has 1 N–H and O–H groups in total. The molecule has 1 aromatic heterocycles. The number of rotatable bonds is 6. The molecule has 1 saturated heterocycles. The molecule has 0 bridgehead atoms. The molecule has 0 saturated carbocycles. The van der Waals surface area contributed by atoms with Gasteiger partial charge in [0.1, 0.15) is 5.66 Å². The van der Waals surface area contributed by atoms with Crippen molar-refractivity contribution in [3.8, 4) is 0 Å². The maximum atomic E-state index is 13.3. The molecule has 3 heterocycles. The molecule has 2 atom stereocenters. The zero-order chi connectivity index (χ0) is 21.5. The van der Waals surface area contributed by atoms with Crippen LogP contribution in [0.1, 0.15) is 61.3 Å². The van der Waals surface area contributed by atoms with E-state index in [1.165, 1.54) is 0 Å². The number of amides is 3. The average Bonchev–Trinajstić information content (AvgIpc) is 3.34. The Labute approximate surface area is 180 Å². The second-order valence-electron chi connectivity index (χ2n) is 8.47. The van der Waals surface area contributed by atoms with E-state index in [-0.39, 0.29) is 42.6 Å². The van der Waals surface area contributed by atoms with Crippen LogP contribution in [0, 0.1) is 5.92 Å². The summed E-state index contributed by atoms with van der Waals surface area (Å²) in [5.74, 6) is 0.0692. The smallest absolute Gasteiger partial charge is 0.257 e. The summed E-state index contributed by atoms with van der Waals surface area (Å²) < 4.78 is 0. The number of carbonyl (C=O) groups excluding carboxylic acids is 3. The van der Waals surface area contributed by atoms with Gasteiger partial charge in [0.15, 0.2) is 0 Å². The number of para-hydroxylation sites is 1. The second-order valence-corrected chi connectivity index (χ2v) is 9.45. The molecule has 2 aliphatic rings. The maximum absolute atomic E-state index is 13.3. The van der Waals surface area contributed by atoms with Crippen molar-refractivity contribution >= 4 is 34.7 Å². The second kappa shape index (κ2) is 7.87. The third kappa shape index (κ3) is 3.41. The van der Waals surface area contributed by atoms with Gasteiger partial charge in [0.2, 0.25) is 11.8 Å². The molecule has 3 amide bonds. The van der Waals surface area contributed by atoms with Crippen LogP contribution in [0.25, 0.3) is 0 Å². The standard InChI is InChI=1S/C23H27N3O3S/c1-15(2)21(18-9-6-14-30-18)24-19(27)11-13-25-22(29)16-7-4-5-8-17(16)26-20(28)10-12-23(25,26)3/h4-9,14-15,21H,10-13H2,1-3H3,(H,24,27)/t21-,23-/m0/s1. The normalized spacial score (nSPS) is 21.6. The van der Waals surface area contributed by atoms with Crippen LogP contribution in [0.15, 0.2) is 41.8 Å². The van der Waals surface area contributed by atoms with Crippen LogP contribution >= 0.6 is 11.3 Å². The van der Waals surface area contributed by atoms with Crippen molar-refractivity contribution in [2.24, 2.45) is 5.92 Å². The van der Waals surface area contributed by atoms with E-state index in [0.717, 1.165) is 4.88 Å². The fraction of sp³-hybridized carbons (Fsp3) is 0.435. The van der Waals surface area contributed by atoms with E-state index >= 15 is 0 Å². The summed E-state index contributed by atoms with van der Waals surface area (Å²) in [6, 6.07) is 11.2. The highest BCUT2D eigenvalue weighted by atomic mass is 32.1. The van der Waals surface area contributed by atoms with E-state index in [0.29, 0.717) is 24.1 Å². The maximum Gasteiger partial charge on any atom is 0.257 e. The lowest BCUT2D eigenvalue weighted by molar-refractivity contribution is -0.122. The van der Waals surface area contributed by atoms with Crippen LogP contribution in [-0.2, 0) is 9.59 Å². The molecule has 1 fully saturated rings. The molecule has 0 spiro atoms. The van der Waals surface area contributed by atoms with E-state index in [9.17, 15) is 14.4 Å². The Balaban J connectivity index is 1.52. The van der Waals surface area contributed by atoms with Gasteiger partial charge in [-0.05, 0) is 42.8 Å². The van der Waals surface area contributed by atoms with Gasteiger partial charge in [-0.25, -0.2) is 0 Å². The average molecular weight is 426 g/mol. The van der Waals surface area contributed by atoms with Gasteiger partial charge in [0, 0.05) is 24.3 Å². The fourth-order valence-electron chi connectivity index (χ4n) is 4.54. The number of anilines is 1. The van der Waals surface area contributed by atoms with Crippen molar-refractivity contribution in [1.82, 2.24) is 10.2 Å². The third-order valence-corrected chi connectivity index (χ3v) is 7.10. The van der Waals surface area contributed by atoms with Crippen molar-refractivity contribution in [1.29, 1.82) is 0 Å². The minimum Gasteiger partial charge on any atom is -0.348 e. The third-order valence-electron chi connectivity index (χ3n) is 6.14. The number of hydrogen-bond donors (Lipinski definition) is 1. The van der Waals surface area contributed by atoms with Crippen LogP contribution in [0.5, 0.6) is 0 Å². The first kappa shape index (κ1) is 20.6. The molecular weight excluding hydrogens is 398 g/mol. The summed E-state index contributed by atoms with van der Waals surface area (Å²) >= 11 is 1.63. The topological polar surface area (TPSA) is 69.7 Å². The van der Waals surface area contributed by atoms with Crippen LogP contribution < -0.4 is 10.2 Å². The monoisotopic (exact) mass is 425 g/mol. The van der Waals surface area contributed by atoms with E-state index in [1.54, 1.807) is 33.3 Å². The lowest BCUT2D eigenvalue weighted by Gasteiger charge is -2.48. The van der Waals surface area contributed by atoms with E-state index in [4.69, 9.17) is 0 Å². The Bertz CT molecular complexity index is 972. The number of carbonyl (C=O) groups is 3. The van der Waals surface area contributed by atoms with Crippen LogP contribution in [0.4, 0.5) is 5.69 Å². The largest absolute Gasteiger partial charge is 0.348 e. The van der Waals surface area contributed by atoms with Crippen LogP contribution in [0.3, 0.4) is 0 Å². The minimum atomic E-state index is -0.728. The number of thiophene rings is 1. The molecule has 0 radical (unpaired) electrons. The highest BCUT2D eigenvalue weighted by Gasteiger charge is 2.52. The zero-order valence-electron chi connectivity index (χ0n) is 17.6. The molecule has 0 aliphatic carbocycles. The van der Waals surface area contributed by atoms with E-state index < -0.39 is 5.66 Å². The van der Waals surface area contributed by atoms with Crippen molar-refractivity contribution in [2.45, 2.75) is 51.7 Å². The molecule has 158 valence electrons. The Morgan fingerprint density at radius 3 is 2.67 bits per heavy atom. The van der Waals surface area contributed by atoms with Crippen LogP contribution in [-0.4, -0.2) is 34.8 Å². The number of nitrogens with zero attached hydrogens (tertiary/aromatic N) is 2. The quantitative estimate of drug-likeness (QED) is 0.762. The molecule has 4 rings (SSSR count). The highest BCUT2D eigenvalue weighted by Crippen LogP contribution is 2.44. The highest BCUT2D eigenvalue weighted by molar-refractivity contribution is 7.10. The lowest BCUT2D eigenvalue weighted by atomic mass is 9.98. The zero-order valence-corrected chi connectivity index (χ0v) is 18.4. The van der Waals surface area contributed by atoms with Gasteiger partial charge in [0.25, 0.3) is 5.91 Å². The predicted molar refractivity (Wildman–Crippen MR) is 117 cm³/mol. The number of hydrogen-bond acceptors (Lipinski definition) is 4. The van der Waals surface area contributed by atoms with E-state index in [1.807, 2.05) is 36.6 Å². The summed E-state index contributed by atoms with van der Waals surface area (Å²) in [6.45, 7) is 6.36. The fourth-order valence-corrected chi connectivity index (χ4v) is 5.48. The molecule has 1 aromatic carbocycles. The van der Waals surface area contributed by atoms with Gasteiger partial charge in [-0.3, -0.25) is 19.3 Å². The molecule has 2 aliphatic heterocycles. The van der Waals surface area contributed by atoms with Crippen molar-refractivity contribution in [2.75, 3.05) is 11.4 Å². The number of fused-ring (bicyclic) bond motifs is 3. The molecule has 0 unspecified atom stereocenters. The van der Waals surface area contributed by atoms with Crippen LogP contribution in [0.2, 0.25) is 0 Å². The first-order chi connectivity index (χ1) is 14.3. The first-order valence-electron chi connectivity index (χ1n) is 10.4. The molecular formula is C23H27N3O3S. The summed E-state index contributed by atoms with van der Waals surface area (Å²) in [6.07, 6.45) is 1.16. The van der Waals surface area contributed by atoms with Crippen molar-refractivity contribution in [3.05, 3.63) is 52.2 Å². The van der Waals surface area contributed by atoms with Gasteiger partial charge >= 0.3 is 0 Å². The lowest BCUT2D eigenvalue weighted by Crippen LogP contribution is -2.62. The Kier molecular flexibility index (Phi) is 5.40. The molecule has 2 aromatic rings. The minimum absolute atomic E-state index is 0.0180. The predicted octanol–water partition coefficient (Wildman–Crippen LogP) is 3.95. The number of nitrogens with one attached hydrogen (secondary N) is 1. The summed E-state index contributed by atoms with van der Waals surface area (Å²) in [4.78, 5) is 43.2. The van der Waals surface area contributed by atoms with Gasteiger partial charge < -0.3 is 10.2 Å². The molecule has 6 nitrogen and oxygen atoms in total. The summed E-state index contributed by atoms with van der Waals surface area (Å²) in [5.41, 5.74) is 0.462. The Morgan fingerprint density at radius 1 is 1.20 bits per heavy atom. The van der Waals surface area contributed by atoms with Crippen molar-refractivity contribution < 1.29 is 14.4 Å². The molecule has 7 heteroatoms. The van der Waals surface area contributed by atoms with Gasteiger partial charge in [-0.15, -0.1) is 11.3 Å². The van der Waals surface area contributed by atoms with Gasteiger partial charge in [0.05, 0.1) is 17.3 Å². The summed E-state index contributed by atoms with van der Waals surface area (Å²) in [5, 5.41) is 5.13. The van der Waals surface area contributed by atoms with Crippen molar-refractivity contribution in [3.63, 3.8) is 0 Å². The van der Waals surface area contributed by atoms with Gasteiger partial charge in [-0.2, -0.15) is 0 Å². The Hall–Kier alpha value is -2.67. The SMILES string of the molecule is CC(C)[C@H](NC(=O)CCN1C(=O)c2ccccc2N2C(=O)CC[C@@]12C)c1cccs1. The van der Waals surface area contributed by atoms with E-state index in [2.05, 4.69) is 19.2 Å². The Morgan fingerprint density at radius 2 is 1.97 bits per heavy atom. The first-order valence-corrected chi connectivity index (χ1v) is 11.3. The summed E-state index contributed by atoms with van der Waals surface area (Å²) in [7, 11) is 0. The van der Waals surface area contributed by atoms with Gasteiger partial charge in [-0.1, -0.05) is 32.0 Å². The number of benzene rings is 1.